The maximum Gasteiger partial charge on any atom is 0.275 e. The van der Waals surface area contributed by atoms with Crippen molar-refractivity contribution in [3.8, 4) is 11.5 Å². The molecular weight excluding hydrogens is 347 g/mol. The number of hydrogen-bond donors (Lipinski definition) is 1. The lowest BCUT2D eigenvalue weighted by Crippen LogP contribution is -2.15. The van der Waals surface area contributed by atoms with Crippen LogP contribution in [-0.2, 0) is 0 Å². The Labute approximate surface area is 147 Å². The summed E-state index contributed by atoms with van der Waals surface area (Å²) in [4.78, 5) is 24.2. The van der Waals surface area contributed by atoms with Crippen molar-refractivity contribution in [2.75, 3.05) is 5.32 Å². The number of halogens is 2. The number of anilines is 1. The zero-order chi connectivity index (χ0) is 17.8. The molecule has 0 unspecified atom stereocenters. The molecule has 126 valence electrons. The number of amides is 1. The standard InChI is InChI=1S/C17H12ClFN4O2/c1-10-4-13(25-14-5-11(18)7-20-9-14)6-15(22-10)17(24)23-16-3-2-12(19)8-21-16/h2-9H,1H3,(H,21,23,24). The molecule has 1 N–H and O–H groups in total. The molecule has 3 aromatic rings. The number of aryl methyl sites for hydroxylation is 1. The van der Waals surface area contributed by atoms with Gasteiger partial charge in [0.05, 0.1) is 17.4 Å². The Kier molecular flexibility index (Phi) is 4.85. The van der Waals surface area contributed by atoms with Gasteiger partial charge < -0.3 is 10.1 Å². The third-order valence-corrected chi connectivity index (χ3v) is 3.25. The van der Waals surface area contributed by atoms with E-state index in [1.54, 1.807) is 19.1 Å². The van der Waals surface area contributed by atoms with Crippen molar-refractivity contribution in [2.24, 2.45) is 0 Å². The highest BCUT2D eigenvalue weighted by atomic mass is 35.5. The van der Waals surface area contributed by atoms with Gasteiger partial charge in [-0.3, -0.25) is 9.78 Å². The number of ether oxygens (including phenoxy) is 1. The van der Waals surface area contributed by atoms with E-state index in [4.69, 9.17) is 16.3 Å². The summed E-state index contributed by atoms with van der Waals surface area (Å²) in [6, 6.07) is 7.32. The van der Waals surface area contributed by atoms with Gasteiger partial charge >= 0.3 is 0 Å². The zero-order valence-electron chi connectivity index (χ0n) is 13.0. The van der Waals surface area contributed by atoms with Gasteiger partial charge in [0.1, 0.15) is 28.8 Å². The molecule has 0 saturated carbocycles. The second-order valence-corrected chi connectivity index (χ2v) is 5.52. The van der Waals surface area contributed by atoms with Crippen molar-refractivity contribution in [2.45, 2.75) is 6.92 Å². The largest absolute Gasteiger partial charge is 0.456 e. The van der Waals surface area contributed by atoms with Crippen LogP contribution in [0.25, 0.3) is 0 Å². The van der Waals surface area contributed by atoms with Gasteiger partial charge in [-0.2, -0.15) is 0 Å². The van der Waals surface area contributed by atoms with E-state index in [2.05, 4.69) is 20.3 Å². The van der Waals surface area contributed by atoms with Crippen molar-refractivity contribution >= 4 is 23.3 Å². The Bertz CT molecular complexity index is 919. The third kappa shape index (κ3) is 4.48. The molecule has 0 saturated heterocycles. The minimum absolute atomic E-state index is 0.135. The minimum atomic E-state index is -0.489. The van der Waals surface area contributed by atoms with Gasteiger partial charge in [0.25, 0.3) is 5.91 Å². The van der Waals surface area contributed by atoms with Gasteiger partial charge in [-0.15, -0.1) is 0 Å². The molecular formula is C17H12ClFN4O2. The summed E-state index contributed by atoms with van der Waals surface area (Å²) < 4.78 is 18.5. The van der Waals surface area contributed by atoms with E-state index in [-0.39, 0.29) is 11.5 Å². The van der Waals surface area contributed by atoms with Crippen LogP contribution in [0, 0.1) is 12.7 Å². The van der Waals surface area contributed by atoms with E-state index in [0.29, 0.717) is 22.2 Å². The molecule has 8 heteroatoms. The number of carbonyl (C=O) groups excluding carboxylic acids is 1. The van der Waals surface area contributed by atoms with Crippen LogP contribution >= 0.6 is 11.6 Å². The van der Waals surface area contributed by atoms with Crippen molar-refractivity contribution in [3.05, 3.63) is 71.2 Å². The number of carbonyl (C=O) groups is 1. The lowest BCUT2D eigenvalue weighted by atomic mass is 10.2. The first kappa shape index (κ1) is 16.8. The Hall–Kier alpha value is -3.06. The molecule has 3 rings (SSSR count). The minimum Gasteiger partial charge on any atom is -0.456 e. The number of hydrogen-bond acceptors (Lipinski definition) is 5. The molecule has 0 radical (unpaired) electrons. The van der Waals surface area contributed by atoms with Crippen LogP contribution in [0.3, 0.4) is 0 Å². The normalized spacial score (nSPS) is 10.4. The summed E-state index contributed by atoms with van der Waals surface area (Å²) in [6.45, 7) is 1.73. The molecule has 6 nitrogen and oxygen atoms in total. The molecule has 1 amide bonds. The van der Waals surface area contributed by atoms with Crippen molar-refractivity contribution in [1.82, 2.24) is 15.0 Å². The fraction of sp³-hybridized carbons (Fsp3) is 0.0588. The second kappa shape index (κ2) is 7.23. The van der Waals surface area contributed by atoms with Crippen LogP contribution in [0.5, 0.6) is 11.5 Å². The smallest absolute Gasteiger partial charge is 0.275 e. The molecule has 0 aliphatic carbocycles. The van der Waals surface area contributed by atoms with Crippen molar-refractivity contribution in [1.29, 1.82) is 0 Å². The summed E-state index contributed by atoms with van der Waals surface area (Å²) in [5.74, 6) is 0.0871. The predicted octanol–water partition coefficient (Wildman–Crippen LogP) is 4.02. The Morgan fingerprint density at radius 2 is 2.00 bits per heavy atom. The summed E-state index contributed by atoms with van der Waals surface area (Å²) in [5.41, 5.74) is 0.723. The second-order valence-electron chi connectivity index (χ2n) is 5.09. The highest BCUT2D eigenvalue weighted by Crippen LogP contribution is 2.24. The third-order valence-electron chi connectivity index (χ3n) is 3.04. The van der Waals surface area contributed by atoms with E-state index < -0.39 is 11.7 Å². The fourth-order valence-corrected chi connectivity index (χ4v) is 2.19. The number of nitrogens with zero attached hydrogens (tertiary/aromatic N) is 3. The van der Waals surface area contributed by atoms with Crippen molar-refractivity contribution < 1.29 is 13.9 Å². The summed E-state index contributed by atoms with van der Waals surface area (Å²) in [6.07, 6.45) is 4.00. The first-order valence-electron chi connectivity index (χ1n) is 7.19. The lowest BCUT2D eigenvalue weighted by Gasteiger charge is -2.09. The molecule has 0 aliphatic heterocycles. The fourth-order valence-electron chi connectivity index (χ4n) is 2.03. The molecule has 0 aromatic carbocycles. The van der Waals surface area contributed by atoms with E-state index in [9.17, 15) is 9.18 Å². The SMILES string of the molecule is Cc1cc(Oc2cncc(Cl)c2)cc(C(=O)Nc2ccc(F)cn2)n1. The molecule has 25 heavy (non-hydrogen) atoms. The van der Waals surface area contributed by atoms with Crippen LogP contribution in [0.4, 0.5) is 10.2 Å². The van der Waals surface area contributed by atoms with Crippen molar-refractivity contribution in [3.63, 3.8) is 0 Å². The van der Waals surface area contributed by atoms with Crippen LogP contribution in [0.1, 0.15) is 16.2 Å². The van der Waals surface area contributed by atoms with Crippen LogP contribution in [0.2, 0.25) is 5.02 Å². The number of pyridine rings is 3. The topological polar surface area (TPSA) is 77.0 Å². The highest BCUT2D eigenvalue weighted by Gasteiger charge is 2.12. The van der Waals surface area contributed by atoms with Gasteiger partial charge in [-0.05, 0) is 19.1 Å². The maximum atomic E-state index is 12.9. The Balaban J connectivity index is 1.80. The van der Waals surface area contributed by atoms with E-state index in [1.807, 2.05) is 0 Å². The molecule has 0 spiro atoms. The van der Waals surface area contributed by atoms with E-state index >= 15 is 0 Å². The van der Waals surface area contributed by atoms with Gasteiger partial charge in [-0.1, -0.05) is 11.6 Å². The number of aromatic nitrogens is 3. The van der Waals surface area contributed by atoms with Gasteiger partial charge in [0.15, 0.2) is 0 Å². The van der Waals surface area contributed by atoms with Crippen LogP contribution in [0.15, 0.2) is 48.9 Å². The molecule has 3 heterocycles. The monoisotopic (exact) mass is 358 g/mol. The molecule has 0 atom stereocenters. The van der Waals surface area contributed by atoms with E-state index in [0.717, 1.165) is 6.20 Å². The first-order valence-corrected chi connectivity index (χ1v) is 7.57. The Morgan fingerprint density at radius 1 is 1.16 bits per heavy atom. The average Bonchev–Trinajstić information content (AvgIpc) is 2.56. The van der Waals surface area contributed by atoms with Gasteiger partial charge in [-0.25, -0.2) is 14.4 Å². The van der Waals surface area contributed by atoms with Crippen LogP contribution in [-0.4, -0.2) is 20.9 Å². The molecule has 0 bridgehead atoms. The quantitative estimate of drug-likeness (QED) is 0.762. The predicted molar refractivity (Wildman–Crippen MR) is 90.4 cm³/mol. The molecule has 0 aliphatic rings. The maximum absolute atomic E-state index is 12.9. The Morgan fingerprint density at radius 3 is 2.72 bits per heavy atom. The summed E-state index contributed by atoms with van der Waals surface area (Å²) in [7, 11) is 0. The van der Waals surface area contributed by atoms with Gasteiger partial charge in [0.2, 0.25) is 0 Å². The zero-order valence-corrected chi connectivity index (χ0v) is 13.8. The average molecular weight is 359 g/mol. The molecule has 0 fully saturated rings. The number of nitrogens with one attached hydrogen (secondary N) is 1. The van der Waals surface area contributed by atoms with Crippen LogP contribution < -0.4 is 10.1 Å². The molecule has 3 aromatic heterocycles. The van der Waals surface area contributed by atoms with E-state index in [1.165, 1.54) is 30.6 Å². The first-order chi connectivity index (χ1) is 12.0. The summed E-state index contributed by atoms with van der Waals surface area (Å²) >= 11 is 5.87. The van der Waals surface area contributed by atoms with Gasteiger partial charge in [0, 0.05) is 30.1 Å². The highest BCUT2D eigenvalue weighted by molar-refractivity contribution is 6.30. The number of rotatable bonds is 4. The summed E-state index contributed by atoms with van der Waals surface area (Å²) in [5, 5.41) is 2.98. The lowest BCUT2D eigenvalue weighted by molar-refractivity contribution is 0.102.